The molecule has 0 spiro atoms. The summed E-state index contributed by atoms with van der Waals surface area (Å²) in [6.45, 7) is 2.17. The number of hydrogen-bond donors (Lipinski definition) is 2. The van der Waals surface area contributed by atoms with Crippen LogP contribution in [-0.2, 0) is 13.2 Å². The van der Waals surface area contributed by atoms with Gasteiger partial charge in [-0.25, -0.2) is 4.39 Å². The highest BCUT2D eigenvalue weighted by atomic mass is 19.1. The van der Waals surface area contributed by atoms with Crippen molar-refractivity contribution in [3.8, 4) is 0 Å². The molecule has 0 radical (unpaired) electrons. The monoisotopic (exact) mass is 235 g/mol. The summed E-state index contributed by atoms with van der Waals surface area (Å²) >= 11 is 0. The third kappa shape index (κ3) is 2.85. The molecule has 2 aromatic rings. The van der Waals surface area contributed by atoms with Crippen LogP contribution >= 0.6 is 0 Å². The number of anilines is 1. The van der Waals surface area contributed by atoms with Crippen molar-refractivity contribution < 1.29 is 13.9 Å². The predicted molar refractivity (Wildman–Crippen MR) is 63.1 cm³/mol. The van der Waals surface area contributed by atoms with E-state index in [1.165, 1.54) is 6.07 Å². The van der Waals surface area contributed by atoms with E-state index in [4.69, 9.17) is 9.52 Å². The number of aryl methyl sites for hydroxylation is 1. The molecular formula is C13H14FNO2. The van der Waals surface area contributed by atoms with Crippen molar-refractivity contribution in [1.29, 1.82) is 0 Å². The fourth-order valence-corrected chi connectivity index (χ4v) is 1.56. The average molecular weight is 235 g/mol. The molecule has 2 rings (SSSR count). The minimum atomic E-state index is -0.287. The van der Waals surface area contributed by atoms with Gasteiger partial charge in [0.25, 0.3) is 0 Å². The van der Waals surface area contributed by atoms with Gasteiger partial charge >= 0.3 is 0 Å². The third-order valence-electron chi connectivity index (χ3n) is 2.45. The topological polar surface area (TPSA) is 45.4 Å². The van der Waals surface area contributed by atoms with Gasteiger partial charge in [-0.05, 0) is 36.8 Å². The Morgan fingerprint density at radius 1 is 1.24 bits per heavy atom. The first kappa shape index (κ1) is 11.7. The Hall–Kier alpha value is -1.81. The van der Waals surface area contributed by atoms with Crippen LogP contribution in [0.25, 0.3) is 0 Å². The van der Waals surface area contributed by atoms with Crippen molar-refractivity contribution in [2.45, 2.75) is 20.1 Å². The maximum atomic E-state index is 13.4. The highest BCUT2D eigenvalue weighted by Gasteiger charge is 2.04. The van der Waals surface area contributed by atoms with Gasteiger partial charge in [-0.1, -0.05) is 6.07 Å². The zero-order valence-corrected chi connectivity index (χ0v) is 9.53. The van der Waals surface area contributed by atoms with Crippen LogP contribution in [0.4, 0.5) is 10.1 Å². The molecule has 0 amide bonds. The summed E-state index contributed by atoms with van der Waals surface area (Å²) < 4.78 is 18.7. The maximum absolute atomic E-state index is 13.4. The second-order valence-electron chi connectivity index (χ2n) is 3.86. The summed E-state index contributed by atoms with van der Waals surface area (Å²) in [7, 11) is 0. The quantitative estimate of drug-likeness (QED) is 0.856. The van der Waals surface area contributed by atoms with Crippen molar-refractivity contribution in [1.82, 2.24) is 0 Å². The summed E-state index contributed by atoms with van der Waals surface area (Å²) in [4.78, 5) is 0. The summed E-state index contributed by atoms with van der Waals surface area (Å²) in [6, 6.07) is 8.34. The van der Waals surface area contributed by atoms with Gasteiger partial charge < -0.3 is 14.8 Å². The molecule has 4 heteroatoms. The molecule has 0 aliphatic heterocycles. The van der Waals surface area contributed by atoms with Crippen molar-refractivity contribution in [2.24, 2.45) is 0 Å². The summed E-state index contributed by atoms with van der Waals surface area (Å²) in [5.41, 5.74) is 1.44. The van der Waals surface area contributed by atoms with Gasteiger partial charge in [0, 0.05) is 0 Å². The van der Waals surface area contributed by atoms with E-state index in [0.717, 1.165) is 5.56 Å². The molecule has 0 atom stereocenters. The molecule has 90 valence electrons. The van der Waals surface area contributed by atoms with E-state index in [1.807, 2.05) is 6.92 Å². The Morgan fingerprint density at radius 2 is 2.00 bits per heavy atom. The molecule has 1 aromatic heterocycles. The molecule has 1 aromatic carbocycles. The lowest BCUT2D eigenvalue weighted by Crippen LogP contribution is -2.00. The lowest BCUT2D eigenvalue weighted by atomic mass is 10.2. The molecule has 0 aliphatic rings. The lowest BCUT2D eigenvalue weighted by molar-refractivity contribution is 0.244. The number of hydrogen-bond acceptors (Lipinski definition) is 3. The predicted octanol–water partition coefficient (Wildman–Crippen LogP) is 2.83. The van der Waals surface area contributed by atoms with Crippen LogP contribution < -0.4 is 5.32 Å². The van der Waals surface area contributed by atoms with Crippen LogP contribution in [0.15, 0.2) is 34.7 Å². The summed E-state index contributed by atoms with van der Waals surface area (Å²) in [5.74, 6) is 0.881. The van der Waals surface area contributed by atoms with Gasteiger partial charge in [-0.3, -0.25) is 0 Å². The van der Waals surface area contributed by atoms with Crippen molar-refractivity contribution in [3.05, 3.63) is 53.2 Å². The highest BCUT2D eigenvalue weighted by Crippen LogP contribution is 2.17. The molecule has 3 nitrogen and oxygen atoms in total. The zero-order valence-electron chi connectivity index (χ0n) is 9.53. The van der Waals surface area contributed by atoms with E-state index in [-0.39, 0.29) is 12.4 Å². The Balaban J connectivity index is 2.04. The minimum Gasteiger partial charge on any atom is -0.462 e. The van der Waals surface area contributed by atoms with Crippen LogP contribution in [0.3, 0.4) is 0 Å². The Morgan fingerprint density at radius 3 is 2.71 bits per heavy atom. The molecule has 2 N–H and O–H groups in total. The highest BCUT2D eigenvalue weighted by molar-refractivity contribution is 5.47. The first-order valence-electron chi connectivity index (χ1n) is 5.37. The minimum absolute atomic E-state index is 0.126. The van der Waals surface area contributed by atoms with E-state index in [2.05, 4.69) is 5.32 Å². The SMILES string of the molecule is Cc1ccc(F)c(NCc2ccc(CO)o2)c1. The van der Waals surface area contributed by atoms with Gasteiger partial charge in [-0.2, -0.15) is 0 Å². The van der Waals surface area contributed by atoms with Gasteiger partial charge in [0.2, 0.25) is 0 Å². The standard InChI is InChI=1S/C13H14FNO2/c1-9-2-5-12(14)13(6-9)15-7-10-3-4-11(8-16)17-10/h2-6,15-16H,7-8H2,1H3. The van der Waals surface area contributed by atoms with Crippen molar-refractivity contribution in [3.63, 3.8) is 0 Å². The fraction of sp³-hybridized carbons (Fsp3) is 0.231. The summed E-state index contributed by atoms with van der Waals surface area (Å²) in [5, 5.41) is 11.8. The van der Waals surface area contributed by atoms with Gasteiger partial charge in [0.15, 0.2) is 0 Å². The molecule has 0 saturated carbocycles. The van der Waals surface area contributed by atoms with E-state index >= 15 is 0 Å². The molecule has 1 heterocycles. The van der Waals surface area contributed by atoms with Crippen LogP contribution in [-0.4, -0.2) is 5.11 Å². The van der Waals surface area contributed by atoms with Crippen LogP contribution in [0, 0.1) is 12.7 Å². The van der Waals surface area contributed by atoms with E-state index in [9.17, 15) is 4.39 Å². The van der Waals surface area contributed by atoms with Gasteiger partial charge in [0.05, 0.1) is 12.2 Å². The number of rotatable bonds is 4. The molecule has 0 unspecified atom stereocenters. The molecular weight excluding hydrogens is 221 g/mol. The molecule has 0 bridgehead atoms. The maximum Gasteiger partial charge on any atom is 0.146 e. The van der Waals surface area contributed by atoms with Crippen molar-refractivity contribution >= 4 is 5.69 Å². The Kier molecular flexibility index (Phi) is 3.44. The lowest BCUT2D eigenvalue weighted by Gasteiger charge is -2.06. The molecule has 0 saturated heterocycles. The Bertz CT molecular complexity index is 508. The number of halogens is 1. The van der Waals surface area contributed by atoms with Gasteiger partial charge in [-0.15, -0.1) is 0 Å². The number of furan rings is 1. The van der Waals surface area contributed by atoms with Gasteiger partial charge in [0.1, 0.15) is 23.9 Å². The molecule has 0 fully saturated rings. The zero-order chi connectivity index (χ0) is 12.3. The second-order valence-corrected chi connectivity index (χ2v) is 3.86. The number of nitrogens with one attached hydrogen (secondary N) is 1. The normalized spacial score (nSPS) is 10.5. The van der Waals surface area contributed by atoms with Crippen molar-refractivity contribution in [2.75, 3.05) is 5.32 Å². The second kappa shape index (κ2) is 5.01. The largest absolute Gasteiger partial charge is 0.462 e. The Labute approximate surface area is 98.9 Å². The van der Waals surface area contributed by atoms with Crippen LogP contribution in [0.5, 0.6) is 0 Å². The van der Waals surface area contributed by atoms with E-state index in [1.54, 1.807) is 24.3 Å². The van der Waals surface area contributed by atoms with Crippen LogP contribution in [0.2, 0.25) is 0 Å². The average Bonchev–Trinajstić information content (AvgIpc) is 2.78. The van der Waals surface area contributed by atoms with E-state index in [0.29, 0.717) is 23.8 Å². The summed E-state index contributed by atoms with van der Waals surface area (Å²) in [6.07, 6.45) is 0. The van der Waals surface area contributed by atoms with Crippen LogP contribution in [0.1, 0.15) is 17.1 Å². The first-order valence-corrected chi connectivity index (χ1v) is 5.37. The first-order chi connectivity index (χ1) is 8.19. The number of aliphatic hydroxyl groups excluding tert-OH is 1. The molecule has 17 heavy (non-hydrogen) atoms. The smallest absolute Gasteiger partial charge is 0.146 e. The third-order valence-corrected chi connectivity index (χ3v) is 2.45. The molecule has 0 aliphatic carbocycles. The fourth-order valence-electron chi connectivity index (χ4n) is 1.56. The van der Waals surface area contributed by atoms with E-state index < -0.39 is 0 Å². The number of benzene rings is 1. The number of aliphatic hydroxyl groups is 1.